The monoisotopic (exact) mass is 560 g/mol. The fourth-order valence-corrected chi connectivity index (χ4v) is 6.76. The van der Waals surface area contributed by atoms with Crippen LogP contribution in [0.4, 0.5) is 5.13 Å². The number of rotatable bonds is 8. The molecule has 0 unspecified atom stereocenters. The topological polar surface area (TPSA) is 156 Å². The van der Waals surface area contributed by atoms with E-state index in [4.69, 9.17) is 10.6 Å². The maximum Gasteiger partial charge on any atom is 0.352 e. The van der Waals surface area contributed by atoms with Gasteiger partial charge in [0.25, 0.3) is 17.5 Å². The number of aromatic nitrogens is 3. The number of carboxylic acid groups (broad SMARTS) is 1. The Balaban J connectivity index is 1.38. The molecule has 0 bridgehead atoms. The van der Waals surface area contributed by atoms with Gasteiger partial charge >= 0.3 is 5.97 Å². The zero-order valence-corrected chi connectivity index (χ0v) is 22.1. The third-order valence-corrected chi connectivity index (χ3v) is 8.69. The predicted molar refractivity (Wildman–Crippen MR) is 139 cm³/mol. The van der Waals surface area contributed by atoms with Gasteiger partial charge in [-0.3, -0.25) is 14.5 Å². The molecule has 1 fully saturated rings. The lowest BCUT2D eigenvalue weighted by molar-refractivity contribution is -0.662. The van der Waals surface area contributed by atoms with Gasteiger partial charge in [-0.25, -0.2) is 14.3 Å². The molecule has 0 radical (unpaired) electrons. The quantitative estimate of drug-likeness (QED) is 0.119. The molecule has 37 heavy (non-hydrogen) atoms. The minimum atomic E-state index is -1.19. The number of carboxylic acids is 1. The number of fused-ring (bicyclic) bond motifs is 2. The number of nitrogens with two attached hydrogens (primary N) is 1. The number of hydrogen-bond acceptors (Lipinski definition) is 10. The molecule has 15 heteroatoms. The second kappa shape index (κ2) is 10.1. The third-order valence-electron chi connectivity index (χ3n) is 5.93. The highest BCUT2D eigenvalue weighted by Crippen LogP contribution is 2.40. The summed E-state index contributed by atoms with van der Waals surface area (Å²) in [7, 11) is 1.29. The van der Waals surface area contributed by atoms with Crippen molar-refractivity contribution in [1.29, 1.82) is 0 Å². The van der Waals surface area contributed by atoms with E-state index in [1.54, 1.807) is 17.1 Å². The number of thiazole rings is 1. The molecule has 0 saturated carbocycles. The van der Waals surface area contributed by atoms with Gasteiger partial charge in [0, 0.05) is 22.8 Å². The Morgan fingerprint density at radius 2 is 2.24 bits per heavy atom. The number of carbonyl (C=O) groups excluding carboxylic acids is 2. The van der Waals surface area contributed by atoms with Crippen molar-refractivity contribution >= 4 is 69.1 Å². The Labute approximate surface area is 223 Å². The first-order valence-electron chi connectivity index (χ1n) is 10.9. The Hall–Kier alpha value is -3.56. The molecule has 2 amide bonds. The molecule has 3 aromatic heterocycles. The Bertz CT molecular complexity index is 1480. The zero-order valence-electron chi connectivity index (χ0n) is 19.7. The maximum absolute atomic E-state index is 13.1. The van der Waals surface area contributed by atoms with E-state index < -0.39 is 29.2 Å². The van der Waals surface area contributed by atoms with Crippen molar-refractivity contribution in [2.75, 3.05) is 24.9 Å². The molecule has 12 nitrogen and oxygen atoms in total. The number of β-lactam (4-membered cyclic amide) rings is 1. The molecule has 0 spiro atoms. The number of imidazole rings is 1. The van der Waals surface area contributed by atoms with E-state index in [0.717, 1.165) is 22.0 Å². The van der Waals surface area contributed by atoms with Crippen molar-refractivity contribution in [2.45, 2.75) is 23.0 Å². The number of nitrogens with zero attached hydrogens (tertiary/aromatic N) is 5. The molecule has 4 N–H and O–H groups in total. The largest absolute Gasteiger partial charge is 0.477 e. The van der Waals surface area contributed by atoms with Gasteiger partial charge in [0.15, 0.2) is 15.9 Å². The number of hydrogen-bond donors (Lipinski definition) is 3. The SMILES string of the molecule is CON=C(C(=O)N[C@@H]1C(=O)N2C(C(=O)O)=C(C[n+]3ccn4c(SC)cccc43)CS[C@@H]12)c1csc(N)n1. The third kappa shape index (κ3) is 4.42. The first-order valence-corrected chi connectivity index (χ1v) is 14.1. The molecule has 2 atom stereocenters. The lowest BCUT2D eigenvalue weighted by Crippen LogP contribution is -2.71. The number of pyridine rings is 1. The molecule has 1 saturated heterocycles. The van der Waals surface area contributed by atoms with E-state index in [2.05, 4.69) is 15.5 Å². The highest BCUT2D eigenvalue weighted by molar-refractivity contribution is 8.00. The fourth-order valence-electron chi connectivity index (χ4n) is 4.31. The van der Waals surface area contributed by atoms with Gasteiger partial charge in [-0.05, 0) is 18.4 Å². The second-order valence-corrected chi connectivity index (χ2v) is 10.9. The smallest absolute Gasteiger partial charge is 0.352 e. The highest BCUT2D eigenvalue weighted by atomic mass is 32.2. The van der Waals surface area contributed by atoms with E-state index in [0.29, 0.717) is 17.9 Å². The van der Waals surface area contributed by atoms with Crippen molar-refractivity contribution in [3.8, 4) is 0 Å². The number of anilines is 1. The van der Waals surface area contributed by atoms with E-state index in [1.807, 2.05) is 45.8 Å². The molecule has 2 aliphatic rings. The fraction of sp³-hybridized carbons (Fsp3) is 0.273. The average molecular weight is 561 g/mol. The number of nitrogen functional groups attached to an aromatic ring is 1. The van der Waals surface area contributed by atoms with Crippen LogP contribution in [0.25, 0.3) is 5.65 Å². The summed E-state index contributed by atoms with van der Waals surface area (Å²) >= 11 is 4.14. The van der Waals surface area contributed by atoms with Crippen molar-refractivity contribution in [1.82, 2.24) is 19.6 Å². The average Bonchev–Trinajstić information content (AvgIpc) is 3.51. The summed E-state index contributed by atoms with van der Waals surface area (Å²) in [5.41, 5.74) is 7.22. The Kier molecular flexibility index (Phi) is 6.83. The van der Waals surface area contributed by atoms with Crippen LogP contribution in [0.1, 0.15) is 5.69 Å². The minimum absolute atomic E-state index is 0.0508. The molecule has 3 aromatic rings. The standard InChI is InChI=1S/C22H21N7O5S3/c1-34-26-15(12-10-37-22(23)24-12)18(30)25-16-19(31)29-17(21(32)33)11(9-36-20(16)29)8-27-6-7-28-13(27)4-3-5-14(28)35-2/h3-7,10,16,20H,8-9H2,1-2H3,(H3-,23,24,25,30,32,33)/p+1/t16-,20+/m1/s1. The van der Waals surface area contributed by atoms with Gasteiger partial charge in [-0.1, -0.05) is 16.9 Å². The van der Waals surface area contributed by atoms with E-state index >= 15 is 0 Å². The number of thioether (sulfide) groups is 2. The highest BCUT2D eigenvalue weighted by Gasteiger charge is 2.54. The number of aliphatic carboxylic acids is 1. The lowest BCUT2D eigenvalue weighted by Gasteiger charge is -2.49. The van der Waals surface area contributed by atoms with Crippen molar-refractivity contribution < 1.29 is 28.9 Å². The summed E-state index contributed by atoms with van der Waals surface area (Å²) < 4.78 is 3.98. The molecule has 5 rings (SSSR count). The lowest BCUT2D eigenvalue weighted by atomic mass is 10.0. The number of nitrogens with one attached hydrogen (secondary N) is 1. The van der Waals surface area contributed by atoms with Crippen LogP contribution >= 0.6 is 34.9 Å². The van der Waals surface area contributed by atoms with E-state index in [1.165, 1.54) is 23.8 Å². The zero-order chi connectivity index (χ0) is 26.3. The number of amides is 2. The van der Waals surface area contributed by atoms with Gasteiger partial charge in [0.05, 0.1) is 0 Å². The first-order chi connectivity index (χ1) is 17.8. The van der Waals surface area contributed by atoms with Crippen LogP contribution in [0.3, 0.4) is 0 Å². The maximum atomic E-state index is 13.1. The molecule has 0 aliphatic carbocycles. The molecular weight excluding hydrogens is 538 g/mol. The van der Waals surface area contributed by atoms with Crippen LogP contribution in [0.15, 0.2) is 57.4 Å². The molecule has 0 aromatic carbocycles. The predicted octanol–water partition coefficient (Wildman–Crippen LogP) is 0.777. The van der Waals surface area contributed by atoms with Gasteiger partial charge < -0.3 is 21.0 Å². The molecular formula is C22H22N7O5S3+. The summed E-state index contributed by atoms with van der Waals surface area (Å²) in [6.07, 6.45) is 5.81. The molecule has 5 heterocycles. The van der Waals surface area contributed by atoms with Crippen LogP contribution < -0.4 is 15.6 Å². The van der Waals surface area contributed by atoms with Crippen molar-refractivity contribution in [2.24, 2.45) is 5.16 Å². The normalized spacial score (nSPS) is 19.6. The van der Waals surface area contributed by atoms with Crippen LogP contribution in [-0.4, -0.2) is 73.4 Å². The summed E-state index contributed by atoms with van der Waals surface area (Å²) in [5.74, 6) is -1.98. The van der Waals surface area contributed by atoms with Crippen LogP contribution in [0.2, 0.25) is 0 Å². The van der Waals surface area contributed by atoms with Crippen molar-refractivity contribution in [3.63, 3.8) is 0 Å². The summed E-state index contributed by atoms with van der Waals surface area (Å²) in [6, 6.07) is 4.99. The molecule has 192 valence electrons. The van der Waals surface area contributed by atoms with E-state index in [9.17, 15) is 19.5 Å². The van der Waals surface area contributed by atoms with Crippen LogP contribution in [0.5, 0.6) is 0 Å². The summed E-state index contributed by atoms with van der Waals surface area (Å²) in [4.78, 5) is 48.4. The molecule has 2 aliphatic heterocycles. The van der Waals surface area contributed by atoms with Crippen molar-refractivity contribution in [3.05, 3.63) is 52.9 Å². The summed E-state index contributed by atoms with van der Waals surface area (Å²) in [5, 5.41) is 18.7. The van der Waals surface area contributed by atoms with Crippen LogP contribution in [0, 0.1) is 0 Å². The number of oxime groups is 1. The minimum Gasteiger partial charge on any atom is -0.477 e. The van der Waals surface area contributed by atoms with Gasteiger partial charge in [0.2, 0.25) is 0 Å². The first kappa shape index (κ1) is 25.1. The van der Waals surface area contributed by atoms with Gasteiger partial charge in [0.1, 0.15) is 48.9 Å². The Morgan fingerprint density at radius 3 is 2.92 bits per heavy atom. The van der Waals surface area contributed by atoms with Gasteiger partial charge in [-0.15, -0.1) is 23.1 Å². The van der Waals surface area contributed by atoms with Crippen LogP contribution in [-0.2, 0) is 25.8 Å². The Morgan fingerprint density at radius 1 is 1.43 bits per heavy atom. The van der Waals surface area contributed by atoms with E-state index in [-0.39, 0.29) is 22.2 Å². The van der Waals surface area contributed by atoms with Gasteiger partial charge in [-0.2, -0.15) is 4.40 Å². The number of carbonyl (C=O) groups is 3. The second-order valence-electron chi connectivity index (χ2n) is 8.03. The summed E-state index contributed by atoms with van der Waals surface area (Å²) in [6.45, 7) is 0.312.